The van der Waals surface area contributed by atoms with Gasteiger partial charge in [-0.25, -0.2) is 0 Å². The maximum absolute atomic E-state index is 12.6. The van der Waals surface area contributed by atoms with Crippen LogP contribution in [-0.4, -0.2) is 12.8 Å². The summed E-state index contributed by atoms with van der Waals surface area (Å²) in [6.07, 6.45) is -10.7. The van der Waals surface area contributed by atoms with Crippen LogP contribution in [0.5, 0.6) is 5.75 Å². The van der Waals surface area contributed by atoms with Crippen LogP contribution in [0.15, 0.2) is 18.2 Å². The standard InChI is InChI=1S/C11H7F6NO/c12-10(13,14)3-4-19-9-2-1-7(6-18)5-8(9)11(15,16)17/h1-2,5H,3-4H2. The summed E-state index contributed by atoms with van der Waals surface area (Å²) in [6.45, 7) is -0.918. The average Bonchev–Trinajstić information content (AvgIpc) is 2.26. The van der Waals surface area contributed by atoms with Gasteiger partial charge in [-0.3, -0.25) is 0 Å². The lowest BCUT2D eigenvalue weighted by molar-refractivity contribution is -0.143. The summed E-state index contributed by atoms with van der Waals surface area (Å²) in [7, 11) is 0. The van der Waals surface area contributed by atoms with Gasteiger partial charge >= 0.3 is 12.4 Å². The molecule has 0 amide bonds. The van der Waals surface area contributed by atoms with Gasteiger partial charge in [0.25, 0.3) is 0 Å². The topological polar surface area (TPSA) is 33.0 Å². The van der Waals surface area contributed by atoms with E-state index in [0.29, 0.717) is 6.07 Å². The SMILES string of the molecule is N#Cc1ccc(OCCC(F)(F)F)c(C(F)(F)F)c1. The molecule has 0 atom stereocenters. The van der Waals surface area contributed by atoms with E-state index in [1.165, 1.54) is 6.07 Å². The number of ether oxygens (including phenoxy) is 1. The Morgan fingerprint density at radius 1 is 1.11 bits per heavy atom. The first kappa shape index (κ1) is 15.1. The van der Waals surface area contributed by atoms with E-state index in [1.807, 2.05) is 0 Å². The zero-order chi connectivity index (χ0) is 14.7. The van der Waals surface area contributed by atoms with Crippen molar-refractivity contribution in [2.75, 3.05) is 6.61 Å². The van der Waals surface area contributed by atoms with Crippen molar-refractivity contribution in [1.29, 1.82) is 5.26 Å². The summed E-state index contributed by atoms with van der Waals surface area (Å²) in [5.41, 5.74) is -1.52. The normalized spacial score (nSPS) is 12.1. The number of hydrogen-bond acceptors (Lipinski definition) is 2. The summed E-state index contributed by atoms with van der Waals surface area (Å²) < 4.78 is 77.9. The molecule has 0 bridgehead atoms. The molecule has 0 aromatic heterocycles. The maximum atomic E-state index is 12.6. The fourth-order valence-corrected chi connectivity index (χ4v) is 1.22. The molecule has 0 heterocycles. The van der Waals surface area contributed by atoms with Gasteiger partial charge < -0.3 is 4.74 Å². The number of alkyl halides is 6. The first-order chi connectivity index (χ1) is 8.63. The molecule has 0 aliphatic heterocycles. The fourth-order valence-electron chi connectivity index (χ4n) is 1.22. The van der Waals surface area contributed by atoms with Gasteiger partial charge in [0.05, 0.1) is 30.2 Å². The van der Waals surface area contributed by atoms with E-state index in [-0.39, 0.29) is 5.56 Å². The van der Waals surface area contributed by atoms with Crippen molar-refractivity contribution >= 4 is 0 Å². The third-order valence-electron chi connectivity index (χ3n) is 2.06. The van der Waals surface area contributed by atoms with E-state index in [2.05, 4.69) is 4.74 Å². The van der Waals surface area contributed by atoms with Gasteiger partial charge in [0.2, 0.25) is 0 Å². The van der Waals surface area contributed by atoms with Crippen LogP contribution in [0.2, 0.25) is 0 Å². The van der Waals surface area contributed by atoms with E-state index in [1.54, 1.807) is 0 Å². The van der Waals surface area contributed by atoms with Crippen LogP contribution in [0.25, 0.3) is 0 Å². The molecule has 104 valence electrons. The van der Waals surface area contributed by atoms with Crippen LogP contribution in [0, 0.1) is 11.3 Å². The fraction of sp³-hybridized carbons (Fsp3) is 0.364. The second kappa shape index (κ2) is 5.38. The monoisotopic (exact) mass is 283 g/mol. The van der Waals surface area contributed by atoms with Gasteiger partial charge in [-0.2, -0.15) is 31.6 Å². The van der Waals surface area contributed by atoms with Crippen LogP contribution in [0.1, 0.15) is 17.5 Å². The van der Waals surface area contributed by atoms with Crippen LogP contribution >= 0.6 is 0 Å². The summed E-state index contributed by atoms with van der Waals surface area (Å²) in [6, 6.07) is 3.91. The predicted molar refractivity (Wildman–Crippen MR) is 52.3 cm³/mol. The quantitative estimate of drug-likeness (QED) is 0.788. The number of benzene rings is 1. The smallest absolute Gasteiger partial charge is 0.420 e. The molecule has 1 aromatic carbocycles. The second-order valence-electron chi connectivity index (χ2n) is 3.53. The number of rotatable bonds is 3. The van der Waals surface area contributed by atoms with E-state index in [4.69, 9.17) is 5.26 Å². The molecule has 0 N–H and O–H groups in total. The van der Waals surface area contributed by atoms with Crippen LogP contribution in [-0.2, 0) is 6.18 Å². The Morgan fingerprint density at radius 3 is 2.21 bits per heavy atom. The molecule has 0 saturated carbocycles. The minimum absolute atomic E-state index is 0.254. The van der Waals surface area contributed by atoms with Crippen LogP contribution in [0.3, 0.4) is 0 Å². The maximum Gasteiger partial charge on any atom is 0.420 e. The third kappa shape index (κ3) is 4.69. The van der Waals surface area contributed by atoms with Gasteiger partial charge in [-0.05, 0) is 18.2 Å². The summed E-state index contributed by atoms with van der Waals surface area (Å²) in [5, 5.41) is 8.49. The molecule has 0 aliphatic carbocycles. The highest BCUT2D eigenvalue weighted by molar-refractivity contribution is 5.43. The van der Waals surface area contributed by atoms with E-state index < -0.39 is 36.7 Å². The van der Waals surface area contributed by atoms with Gasteiger partial charge in [0.15, 0.2) is 0 Å². The molecule has 0 fully saturated rings. The summed E-state index contributed by atoms with van der Waals surface area (Å²) >= 11 is 0. The molecule has 1 rings (SSSR count). The van der Waals surface area contributed by atoms with Crippen molar-refractivity contribution in [1.82, 2.24) is 0 Å². The first-order valence-corrected chi connectivity index (χ1v) is 4.94. The first-order valence-electron chi connectivity index (χ1n) is 4.94. The number of halogens is 6. The highest BCUT2D eigenvalue weighted by Crippen LogP contribution is 2.37. The Labute approximate surface area is 104 Å². The molecule has 0 aliphatic rings. The Balaban J connectivity index is 2.92. The lowest BCUT2D eigenvalue weighted by atomic mass is 10.1. The third-order valence-corrected chi connectivity index (χ3v) is 2.06. The number of nitrogens with zero attached hydrogens (tertiary/aromatic N) is 1. The molecule has 0 spiro atoms. The lowest BCUT2D eigenvalue weighted by Crippen LogP contribution is -2.15. The lowest BCUT2D eigenvalue weighted by Gasteiger charge is -2.14. The summed E-state index contributed by atoms with van der Waals surface area (Å²) in [5.74, 6) is -0.726. The largest absolute Gasteiger partial charge is 0.493 e. The van der Waals surface area contributed by atoms with Gasteiger partial charge in [-0.15, -0.1) is 0 Å². The highest BCUT2D eigenvalue weighted by Gasteiger charge is 2.35. The van der Waals surface area contributed by atoms with E-state index in [9.17, 15) is 26.3 Å². The number of hydrogen-bond donors (Lipinski definition) is 0. The van der Waals surface area contributed by atoms with E-state index >= 15 is 0 Å². The molecular weight excluding hydrogens is 276 g/mol. The van der Waals surface area contributed by atoms with Crippen molar-refractivity contribution in [3.8, 4) is 11.8 Å². The minimum Gasteiger partial charge on any atom is -0.493 e. The van der Waals surface area contributed by atoms with Crippen molar-refractivity contribution in [3.63, 3.8) is 0 Å². The Hall–Kier alpha value is -1.91. The molecule has 0 saturated heterocycles. The minimum atomic E-state index is -4.81. The Bertz CT molecular complexity index is 485. The van der Waals surface area contributed by atoms with Crippen molar-refractivity contribution in [2.24, 2.45) is 0 Å². The molecule has 0 unspecified atom stereocenters. The molecule has 1 aromatic rings. The average molecular weight is 283 g/mol. The van der Waals surface area contributed by atoms with Gasteiger partial charge in [0, 0.05) is 0 Å². The van der Waals surface area contributed by atoms with Crippen molar-refractivity contribution < 1.29 is 31.1 Å². The zero-order valence-corrected chi connectivity index (χ0v) is 9.27. The summed E-state index contributed by atoms with van der Waals surface area (Å²) in [4.78, 5) is 0. The Kier molecular flexibility index (Phi) is 4.29. The van der Waals surface area contributed by atoms with Crippen molar-refractivity contribution in [2.45, 2.75) is 18.8 Å². The second-order valence-corrected chi connectivity index (χ2v) is 3.53. The molecule has 0 radical (unpaired) electrons. The molecular formula is C11H7F6NO. The van der Waals surface area contributed by atoms with Gasteiger partial charge in [-0.1, -0.05) is 0 Å². The molecule has 2 nitrogen and oxygen atoms in total. The Morgan fingerprint density at radius 2 is 1.74 bits per heavy atom. The number of nitriles is 1. The van der Waals surface area contributed by atoms with Crippen LogP contribution in [0.4, 0.5) is 26.3 Å². The van der Waals surface area contributed by atoms with Crippen molar-refractivity contribution in [3.05, 3.63) is 29.3 Å². The molecule has 8 heteroatoms. The molecule has 19 heavy (non-hydrogen) atoms. The van der Waals surface area contributed by atoms with Crippen LogP contribution < -0.4 is 4.74 Å². The highest BCUT2D eigenvalue weighted by atomic mass is 19.4. The van der Waals surface area contributed by atoms with Gasteiger partial charge in [0.1, 0.15) is 5.75 Å². The predicted octanol–water partition coefficient (Wildman–Crippen LogP) is 3.91. The van der Waals surface area contributed by atoms with E-state index in [0.717, 1.165) is 12.1 Å². The zero-order valence-electron chi connectivity index (χ0n) is 9.27.